The highest BCUT2D eigenvalue weighted by Crippen LogP contribution is 2.20. The smallest absolute Gasteiger partial charge is 0.256 e. The Hall–Kier alpha value is -2.83. The molecule has 2 N–H and O–H groups in total. The zero-order chi connectivity index (χ0) is 20.8. The molecule has 2 heterocycles. The zero-order valence-electron chi connectivity index (χ0n) is 17.2. The average molecular weight is 399 g/mol. The summed E-state index contributed by atoms with van der Waals surface area (Å²) in [4.78, 5) is 43.8. The number of hydrogen-bond donors (Lipinski definition) is 2. The first-order valence-electron chi connectivity index (χ1n) is 10.4. The minimum Gasteiger partial charge on any atom is -0.360 e. The van der Waals surface area contributed by atoms with Crippen molar-refractivity contribution < 1.29 is 14.4 Å². The Morgan fingerprint density at radius 3 is 2.45 bits per heavy atom. The van der Waals surface area contributed by atoms with Crippen LogP contribution in [0.25, 0.3) is 10.9 Å². The average Bonchev–Trinajstić information content (AvgIpc) is 3.15. The summed E-state index contributed by atoms with van der Waals surface area (Å²) < 4.78 is 0. The van der Waals surface area contributed by atoms with Crippen LogP contribution < -0.4 is 5.32 Å². The second-order valence-electron chi connectivity index (χ2n) is 7.95. The molecule has 2 aromatic rings. The number of H-pyrrole nitrogens is 1. The Morgan fingerprint density at radius 2 is 1.72 bits per heavy atom. The molecule has 0 aliphatic carbocycles. The fraction of sp³-hybridized carbons (Fsp3) is 0.500. The first-order chi connectivity index (χ1) is 14.0. The van der Waals surface area contributed by atoms with Crippen molar-refractivity contribution >= 4 is 28.6 Å². The van der Waals surface area contributed by atoms with Gasteiger partial charge in [0.2, 0.25) is 11.8 Å². The van der Waals surface area contributed by atoms with E-state index in [2.05, 4.69) is 24.1 Å². The van der Waals surface area contributed by atoms with Gasteiger partial charge >= 0.3 is 0 Å². The molecule has 1 aliphatic rings. The van der Waals surface area contributed by atoms with Crippen LogP contribution in [-0.2, 0) is 9.59 Å². The van der Waals surface area contributed by atoms with Gasteiger partial charge in [0.05, 0.1) is 5.56 Å². The van der Waals surface area contributed by atoms with E-state index in [1.807, 2.05) is 24.3 Å². The summed E-state index contributed by atoms with van der Waals surface area (Å²) >= 11 is 0. The van der Waals surface area contributed by atoms with Crippen molar-refractivity contribution in [1.82, 2.24) is 20.1 Å². The summed E-state index contributed by atoms with van der Waals surface area (Å²) in [6.07, 6.45) is 3.11. The van der Waals surface area contributed by atoms with Gasteiger partial charge in [-0.2, -0.15) is 0 Å². The molecule has 3 rings (SSSR count). The second-order valence-corrected chi connectivity index (χ2v) is 7.95. The number of nitrogens with one attached hydrogen (secondary N) is 2. The lowest BCUT2D eigenvalue weighted by molar-refractivity contribution is -0.134. The number of aromatic nitrogens is 1. The number of aromatic amines is 1. The van der Waals surface area contributed by atoms with E-state index in [-0.39, 0.29) is 30.6 Å². The van der Waals surface area contributed by atoms with E-state index in [4.69, 9.17) is 0 Å². The van der Waals surface area contributed by atoms with Crippen molar-refractivity contribution in [1.29, 1.82) is 0 Å². The molecule has 1 aromatic carbocycles. The maximum Gasteiger partial charge on any atom is 0.256 e. The molecule has 0 unspecified atom stereocenters. The highest BCUT2D eigenvalue weighted by molar-refractivity contribution is 6.06. The number of nitrogens with zero attached hydrogens (tertiary/aromatic N) is 2. The fourth-order valence-electron chi connectivity index (χ4n) is 3.54. The topological polar surface area (TPSA) is 85.5 Å². The number of carbonyl (C=O) groups excluding carboxylic acids is 3. The largest absolute Gasteiger partial charge is 0.360 e. The number of para-hydroxylation sites is 1. The van der Waals surface area contributed by atoms with Crippen LogP contribution in [0.1, 0.15) is 43.5 Å². The van der Waals surface area contributed by atoms with Gasteiger partial charge in [-0.25, -0.2) is 0 Å². The Bertz CT molecular complexity index is 866. The normalized spacial score (nSPS) is 14.4. The number of carbonyl (C=O) groups is 3. The lowest BCUT2D eigenvalue weighted by atomic mass is 10.1. The Kier molecular flexibility index (Phi) is 6.90. The van der Waals surface area contributed by atoms with E-state index in [9.17, 15) is 14.4 Å². The van der Waals surface area contributed by atoms with E-state index < -0.39 is 0 Å². The lowest BCUT2D eigenvalue weighted by Gasteiger charge is -2.34. The van der Waals surface area contributed by atoms with Gasteiger partial charge in [0.1, 0.15) is 0 Å². The lowest BCUT2D eigenvalue weighted by Crippen LogP contribution is -2.50. The standard InChI is InChI=1S/C22H30N4O3/c1-16(2)9-10-23-20(27)7-8-21(28)25-11-13-26(14-12-25)22(29)18-15-24-19-6-4-3-5-17(18)19/h3-6,15-16,24H,7-14H2,1-2H3,(H,23,27). The van der Waals surface area contributed by atoms with Crippen LogP contribution in [0.3, 0.4) is 0 Å². The first kappa shape index (κ1) is 20.9. The van der Waals surface area contributed by atoms with E-state index in [1.54, 1.807) is 16.0 Å². The Morgan fingerprint density at radius 1 is 1.03 bits per heavy atom. The third-order valence-electron chi connectivity index (χ3n) is 5.35. The maximum atomic E-state index is 12.9. The zero-order valence-corrected chi connectivity index (χ0v) is 17.2. The SMILES string of the molecule is CC(C)CCNC(=O)CCC(=O)N1CCN(C(=O)c2c[nH]c3ccccc23)CC1. The van der Waals surface area contributed by atoms with Gasteiger partial charge in [-0.05, 0) is 18.4 Å². The molecule has 156 valence electrons. The van der Waals surface area contributed by atoms with E-state index in [1.165, 1.54) is 0 Å². The molecule has 3 amide bonds. The summed E-state index contributed by atoms with van der Waals surface area (Å²) in [6, 6.07) is 7.73. The van der Waals surface area contributed by atoms with Crippen molar-refractivity contribution in [2.75, 3.05) is 32.7 Å². The molecule has 7 nitrogen and oxygen atoms in total. The summed E-state index contributed by atoms with van der Waals surface area (Å²) in [5, 5.41) is 3.78. The van der Waals surface area contributed by atoms with Gasteiger partial charge in [-0.1, -0.05) is 32.0 Å². The van der Waals surface area contributed by atoms with Crippen molar-refractivity contribution in [3.05, 3.63) is 36.0 Å². The van der Waals surface area contributed by atoms with Crippen LogP contribution in [0, 0.1) is 5.92 Å². The number of piperazine rings is 1. The highest BCUT2D eigenvalue weighted by Gasteiger charge is 2.26. The van der Waals surface area contributed by atoms with E-state index in [0.717, 1.165) is 17.3 Å². The van der Waals surface area contributed by atoms with Crippen LogP contribution in [0.5, 0.6) is 0 Å². The van der Waals surface area contributed by atoms with Gasteiger partial charge < -0.3 is 20.1 Å². The monoisotopic (exact) mass is 398 g/mol. The molecule has 1 fully saturated rings. The Labute approximate surface area is 171 Å². The van der Waals surface area contributed by atoms with Gasteiger partial charge in [0.15, 0.2) is 0 Å². The number of hydrogen-bond acceptors (Lipinski definition) is 3. The second kappa shape index (κ2) is 9.58. The summed E-state index contributed by atoms with van der Waals surface area (Å²) in [5.74, 6) is 0.426. The van der Waals surface area contributed by atoms with Crippen molar-refractivity contribution in [3.8, 4) is 0 Å². The molecule has 0 spiro atoms. The van der Waals surface area contributed by atoms with Crippen molar-refractivity contribution in [2.45, 2.75) is 33.1 Å². The fourth-order valence-corrected chi connectivity index (χ4v) is 3.54. The molecule has 29 heavy (non-hydrogen) atoms. The molecule has 1 saturated heterocycles. The highest BCUT2D eigenvalue weighted by atomic mass is 16.2. The molecular formula is C22H30N4O3. The third kappa shape index (κ3) is 5.37. The number of rotatable bonds is 7. The van der Waals surface area contributed by atoms with Crippen LogP contribution >= 0.6 is 0 Å². The molecule has 0 atom stereocenters. The van der Waals surface area contributed by atoms with Crippen LogP contribution in [0.4, 0.5) is 0 Å². The van der Waals surface area contributed by atoms with Gasteiger partial charge in [0, 0.05) is 62.7 Å². The summed E-state index contributed by atoms with van der Waals surface area (Å²) in [5.41, 5.74) is 1.61. The predicted octanol–water partition coefficient (Wildman–Crippen LogP) is 2.39. The molecule has 7 heteroatoms. The van der Waals surface area contributed by atoms with Crippen LogP contribution in [-0.4, -0.2) is 65.2 Å². The minimum absolute atomic E-state index is 0.0147. The minimum atomic E-state index is -0.0767. The quantitative estimate of drug-likeness (QED) is 0.751. The van der Waals surface area contributed by atoms with Gasteiger partial charge in [-0.15, -0.1) is 0 Å². The molecule has 0 bridgehead atoms. The number of fused-ring (bicyclic) bond motifs is 1. The first-order valence-corrected chi connectivity index (χ1v) is 10.4. The molecule has 0 saturated carbocycles. The maximum absolute atomic E-state index is 12.9. The van der Waals surface area contributed by atoms with Gasteiger partial charge in [-0.3, -0.25) is 14.4 Å². The van der Waals surface area contributed by atoms with Crippen molar-refractivity contribution in [3.63, 3.8) is 0 Å². The van der Waals surface area contributed by atoms with Crippen LogP contribution in [0.2, 0.25) is 0 Å². The summed E-state index contributed by atoms with van der Waals surface area (Å²) in [7, 11) is 0. The molecule has 1 aromatic heterocycles. The molecular weight excluding hydrogens is 368 g/mol. The Balaban J connectivity index is 1.44. The summed E-state index contributed by atoms with van der Waals surface area (Å²) in [6.45, 7) is 6.88. The molecule has 0 radical (unpaired) electrons. The van der Waals surface area contributed by atoms with E-state index >= 15 is 0 Å². The molecule has 1 aliphatic heterocycles. The van der Waals surface area contributed by atoms with Gasteiger partial charge in [0.25, 0.3) is 5.91 Å². The number of amides is 3. The van der Waals surface area contributed by atoms with E-state index in [0.29, 0.717) is 44.2 Å². The van der Waals surface area contributed by atoms with Crippen LogP contribution in [0.15, 0.2) is 30.5 Å². The third-order valence-corrected chi connectivity index (χ3v) is 5.35. The predicted molar refractivity (Wildman–Crippen MR) is 112 cm³/mol. The van der Waals surface area contributed by atoms with Crippen molar-refractivity contribution in [2.24, 2.45) is 5.92 Å². The number of benzene rings is 1.